The lowest BCUT2D eigenvalue weighted by atomic mass is 9.96. The van der Waals surface area contributed by atoms with Crippen LogP contribution in [0.5, 0.6) is 0 Å². The highest BCUT2D eigenvalue weighted by Crippen LogP contribution is 2.25. The van der Waals surface area contributed by atoms with Crippen LogP contribution in [0, 0.1) is 0 Å². The van der Waals surface area contributed by atoms with Crippen molar-refractivity contribution in [2.75, 3.05) is 26.3 Å². The normalized spacial score (nSPS) is 20.1. The SMILES string of the molecule is CCCC[C@@H]([C@@H](O)c1ccccc1)N1CCOCC1. The van der Waals surface area contributed by atoms with E-state index in [-0.39, 0.29) is 6.04 Å². The predicted octanol–water partition coefficient (Wildman–Crippen LogP) is 2.61. The van der Waals surface area contributed by atoms with Crippen LogP contribution in [0.2, 0.25) is 0 Å². The minimum atomic E-state index is -0.397. The van der Waals surface area contributed by atoms with Crippen LogP contribution in [0.1, 0.15) is 37.9 Å². The fourth-order valence-corrected chi connectivity index (χ4v) is 2.73. The molecule has 2 atom stereocenters. The molecule has 1 aromatic rings. The fourth-order valence-electron chi connectivity index (χ4n) is 2.73. The smallest absolute Gasteiger partial charge is 0.0945 e. The topological polar surface area (TPSA) is 32.7 Å². The van der Waals surface area contributed by atoms with Gasteiger partial charge in [-0.15, -0.1) is 0 Å². The Morgan fingerprint density at radius 1 is 1.21 bits per heavy atom. The highest BCUT2D eigenvalue weighted by Gasteiger charge is 2.27. The van der Waals surface area contributed by atoms with Gasteiger partial charge in [-0.05, 0) is 12.0 Å². The number of hydrogen-bond acceptors (Lipinski definition) is 3. The van der Waals surface area contributed by atoms with E-state index in [0.29, 0.717) is 0 Å². The number of morpholine rings is 1. The number of benzene rings is 1. The molecule has 0 amide bonds. The van der Waals surface area contributed by atoms with Crippen molar-refractivity contribution < 1.29 is 9.84 Å². The summed E-state index contributed by atoms with van der Waals surface area (Å²) in [6.07, 6.45) is 2.98. The molecule has 1 fully saturated rings. The summed E-state index contributed by atoms with van der Waals surface area (Å²) in [7, 11) is 0. The maximum absolute atomic E-state index is 10.7. The number of aliphatic hydroxyl groups excluding tert-OH is 1. The average molecular weight is 263 g/mol. The molecular formula is C16H25NO2. The Kier molecular flexibility index (Phi) is 5.83. The highest BCUT2D eigenvalue weighted by atomic mass is 16.5. The van der Waals surface area contributed by atoms with Crippen LogP contribution in [0.15, 0.2) is 30.3 Å². The van der Waals surface area contributed by atoms with Crippen LogP contribution in [0.25, 0.3) is 0 Å². The van der Waals surface area contributed by atoms with Gasteiger partial charge in [-0.25, -0.2) is 0 Å². The second kappa shape index (κ2) is 7.63. The number of ether oxygens (including phenoxy) is 1. The molecule has 1 aliphatic rings. The molecule has 0 bridgehead atoms. The van der Waals surface area contributed by atoms with E-state index in [1.807, 2.05) is 30.3 Å². The Morgan fingerprint density at radius 3 is 2.53 bits per heavy atom. The van der Waals surface area contributed by atoms with Crippen LogP contribution in [0.3, 0.4) is 0 Å². The summed E-state index contributed by atoms with van der Waals surface area (Å²) >= 11 is 0. The third kappa shape index (κ3) is 4.03. The van der Waals surface area contributed by atoms with Crippen LogP contribution < -0.4 is 0 Å². The lowest BCUT2D eigenvalue weighted by Gasteiger charge is -2.37. The third-order valence-electron chi connectivity index (χ3n) is 3.87. The van der Waals surface area contributed by atoms with Gasteiger partial charge in [0, 0.05) is 19.1 Å². The maximum atomic E-state index is 10.7. The first-order chi connectivity index (χ1) is 9.33. The van der Waals surface area contributed by atoms with E-state index in [2.05, 4.69) is 11.8 Å². The first-order valence-electron chi connectivity index (χ1n) is 7.37. The average Bonchev–Trinajstić information content (AvgIpc) is 2.49. The molecule has 0 aliphatic carbocycles. The van der Waals surface area contributed by atoms with Crippen molar-refractivity contribution in [1.82, 2.24) is 4.90 Å². The first kappa shape index (κ1) is 14.5. The molecule has 19 heavy (non-hydrogen) atoms. The lowest BCUT2D eigenvalue weighted by molar-refractivity contribution is -0.0258. The van der Waals surface area contributed by atoms with Crippen molar-refractivity contribution in [2.24, 2.45) is 0 Å². The van der Waals surface area contributed by atoms with Crippen LogP contribution in [-0.4, -0.2) is 42.4 Å². The van der Waals surface area contributed by atoms with E-state index in [4.69, 9.17) is 4.74 Å². The molecular weight excluding hydrogens is 238 g/mol. The van der Waals surface area contributed by atoms with E-state index >= 15 is 0 Å². The minimum Gasteiger partial charge on any atom is -0.387 e. The van der Waals surface area contributed by atoms with Gasteiger partial charge in [0.25, 0.3) is 0 Å². The molecule has 0 radical (unpaired) electrons. The van der Waals surface area contributed by atoms with Gasteiger partial charge < -0.3 is 9.84 Å². The highest BCUT2D eigenvalue weighted by molar-refractivity contribution is 5.19. The van der Waals surface area contributed by atoms with Crippen molar-refractivity contribution in [2.45, 2.75) is 38.3 Å². The molecule has 1 aromatic carbocycles. The standard InChI is InChI=1S/C16H25NO2/c1-2-3-9-15(17-10-12-19-13-11-17)16(18)14-7-5-4-6-8-14/h4-8,15-16,18H,2-3,9-13H2,1H3/t15-,16-/m0/s1. The summed E-state index contributed by atoms with van der Waals surface area (Å²) in [6, 6.07) is 10.2. The number of unbranched alkanes of at least 4 members (excludes halogenated alkanes) is 1. The van der Waals surface area contributed by atoms with Gasteiger partial charge in [0.05, 0.1) is 19.3 Å². The summed E-state index contributed by atoms with van der Waals surface area (Å²) in [5.41, 5.74) is 1.02. The summed E-state index contributed by atoms with van der Waals surface area (Å²) in [5, 5.41) is 10.7. The summed E-state index contributed by atoms with van der Waals surface area (Å²) in [5.74, 6) is 0. The van der Waals surface area contributed by atoms with E-state index in [9.17, 15) is 5.11 Å². The van der Waals surface area contributed by atoms with Crippen molar-refractivity contribution in [3.8, 4) is 0 Å². The van der Waals surface area contributed by atoms with Gasteiger partial charge in [-0.3, -0.25) is 4.90 Å². The third-order valence-corrected chi connectivity index (χ3v) is 3.87. The van der Waals surface area contributed by atoms with E-state index in [1.165, 1.54) is 6.42 Å². The van der Waals surface area contributed by atoms with Crippen molar-refractivity contribution in [3.63, 3.8) is 0 Å². The Labute approximate surface area is 116 Å². The largest absolute Gasteiger partial charge is 0.387 e. The minimum absolute atomic E-state index is 0.214. The molecule has 1 aliphatic heterocycles. The number of hydrogen-bond donors (Lipinski definition) is 1. The van der Waals surface area contributed by atoms with Crippen LogP contribution >= 0.6 is 0 Å². The molecule has 0 unspecified atom stereocenters. The molecule has 0 spiro atoms. The Morgan fingerprint density at radius 2 is 1.89 bits per heavy atom. The van der Waals surface area contributed by atoms with Gasteiger partial charge in [-0.1, -0.05) is 50.1 Å². The molecule has 1 saturated heterocycles. The lowest BCUT2D eigenvalue weighted by Crippen LogP contribution is -2.46. The van der Waals surface area contributed by atoms with Crippen LogP contribution in [-0.2, 0) is 4.74 Å². The van der Waals surface area contributed by atoms with Gasteiger partial charge in [-0.2, -0.15) is 0 Å². The molecule has 3 heteroatoms. The summed E-state index contributed by atoms with van der Waals surface area (Å²) in [6.45, 7) is 5.62. The molecule has 0 saturated carbocycles. The first-order valence-corrected chi connectivity index (χ1v) is 7.37. The van der Waals surface area contributed by atoms with E-state index in [1.54, 1.807) is 0 Å². The zero-order chi connectivity index (χ0) is 13.5. The molecule has 106 valence electrons. The zero-order valence-electron chi connectivity index (χ0n) is 11.8. The van der Waals surface area contributed by atoms with Gasteiger partial charge in [0.1, 0.15) is 0 Å². The van der Waals surface area contributed by atoms with Crippen molar-refractivity contribution in [1.29, 1.82) is 0 Å². The summed E-state index contributed by atoms with van der Waals surface area (Å²) < 4.78 is 5.42. The number of aliphatic hydroxyl groups is 1. The second-order valence-corrected chi connectivity index (χ2v) is 5.21. The van der Waals surface area contributed by atoms with Crippen LogP contribution in [0.4, 0.5) is 0 Å². The molecule has 2 rings (SSSR count). The molecule has 0 aromatic heterocycles. The van der Waals surface area contributed by atoms with Crippen molar-refractivity contribution >= 4 is 0 Å². The quantitative estimate of drug-likeness (QED) is 0.856. The number of nitrogens with zero attached hydrogens (tertiary/aromatic N) is 1. The molecule has 3 nitrogen and oxygen atoms in total. The van der Waals surface area contributed by atoms with Crippen molar-refractivity contribution in [3.05, 3.63) is 35.9 Å². The van der Waals surface area contributed by atoms with E-state index in [0.717, 1.165) is 44.7 Å². The molecule has 1 N–H and O–H groups in total. The fraction of sp³-hybridized carbons (Fsp3) is 0.625. The Bertz CT molecular complexity index is 349. The van der Waals surface area contributed by atoms with Gasteiger partial charge >= 0.3 is 0 Å². The monoisotopic (exact) mass is 263 g/mol. The molecule has 1 heterocycles. The van der Waals surface area contributed by atoms with Gasteiger partial charge in [0.15, 0.2) is 0 Å². The predicted molar refractivity (Wildman–Crippen MR) is 77.1 cm³/mol. The zero-order valence-corrected chi connectivity index (χ0v) is 11.8. The maximum Gasteiger partial charge on any atom is 0.0945 e. The van der Waals surface area contributed by atoms with Gasteiger partial charge in [0.2, 0.25) is 0 Å². The summed E-state index contributed by atoms with van der Waals surface area (Å²) in [4.78, 5) is 2.39. The van der Waals surface area contributed by atoms with E-state index < -0.39 is 6.10 Å². The Balaban J connectivity index is 2.07. The number of rotatable bonds is 6. The Hall–Kier alpha value is -0.900. The second-order valence-electron chi connectivity index (χ2n) is 5.21.